The van der Waals surface area contributed by atoms with E-state index < -0.39 is 36.3 Å². The highest BCUT2D eigenvalue weighted by molar-refractivity contribution is 5.82. The van der Waals surface area contributed by atoms with Crippen LogP contribution in [-0.4, -0.2) is 61.8 Å². The molecule has 0 aliphatic carbocycles. The maximum atomic E-state index is 11.7. The van der Waals surface area contributed by atoms with Gasteiger partial charge >= 0.3 is 5.97 Å². The molecule has 0 unspecified atom stereocenters. The van der Waals surface area contributed by atoms with E-state index in [4.69, 9.17) is 10.2 Å². The van der Waals surface area contributed by atoms with Crippen molar-refractivity contribution in [1.29, 1.82) is 0 Å². The number of aliphatic hydroxyl groups excluding tert-OH is 4. The number of hydrogen-bond donors (Lipinski definition) is 6. The van der Waals surface area contributed by atoms with Crippen molar-refractivity contribution >= 4 is 11.9 Å². The highest BCUT2D eigenvalue weighted by atomic mass is 16.4. The zero-order chi connectivity index (χ0) is 22.8. The van der Waals surface area contributed by atoms with E-state index in [-0.39, 0.29) is 0 Å². The first-order valence-electron chi connectivity index (χ1n) is 11.2. The summed E-state index contributed by atoms with van der Waals surface area (Å²) < 4.78 is 0. The van der Waals surface area contributed by atoms with Crippen molar-refractivity contribution in [1.82, 2.24) is 5.32 Å². The van der Waals surface area contributed by atoms with E-state index in [9.17, 15) is 24.9 Å². The predicted octanol–water partition coefficient (Wildman–Crippen LogP) is 2.24. The molecule has 30 heavy (non-hydrogen) atoms. The number of carbonyl (C=O) groups is 2. The molecule has 0 saturated carbocycles. The molecule has 0 heterocycles. The molecule has 0 spiro atoms. The van der Waals surface area contributed by atoms with E-state index in [0.717, 1.165) is 19.3 Å². The Kier molecular flexibility index (Phi) is 17.4. The molecule has 8 heteroatoms. The third kappa shape index (κ3) is 13.7. The van der Waals surface area contributed by atoms with Crippen LogP contribution in [-0.2, 0) is 9.59 Å². The topological polar surface area (TPSA) is 147 Å². The Bertz CT molecular complexity index is 484. The smallest absolute Gasteiger partial charge is 0.335 e. The molecule has 6 N–H and O–H groups in total. The van der Waals surface area contributed by atoms with Crippen LogP contribution in [0.3, 0.4) is 0 Å². The van der Waals surface area contributed by atoms with Crippen molar-refractivity contribution < 1.29 is 35.1 Å². The lowest BCUT2D eigenvalue weighted by atomic mass is 10.0. The van der Waals surface area contributed by atoms with E-state index in [0.29, 0.717) is 0 Å². The van der Waals surface area contributed by atoms with Crippen LogP contribution >= 0.6 is 0 Å². The summed E-state index contributed by atoms with van der Waals surface area (Å²) in [4.78, 5) is 22.3. The van der Waals surface area contributed by atoms with E-state index in [2.05, 4.69) is 12.2 Å². The molecule has 0 rings (SSSR count). The van der Waals surface area contributed by atoms with Gasteiger partial charge in [0.1, 0.15) is 12.2 Å². The van der Waals surface area contributed by atoms with Gasteiger partial charge in [-0.15, -0.1) is 0 Å². The van der Waals surface area contributed by atoms with Crippen LogP contribution in [0.5, 0.6) is 0 Å². The molecular weight excluding hydrogens is 390 g/mol. The first-order valence-corrected chi connectivity index (χ1v) is 11.2. The number of allylic oxidation sites excluding steroid dienone is 1. The fourth-order valence-electron chi connectivity index (χ4n) is 3.09. The fraction of sp³-hybridized carbons (Fsp3) is 0.818. The molecule has 0 radical (unpaired) electrons. The van der Waals surface area contributed by atoms with E-state index in [1.165, 1.54) is 70.4 Å². The highest BCUT2D eigenvalue weighted by Crippen LogP contribution is 2.12. The van der Waals surface area contributed by atoms with Gasteiger partial charge in [0.05, 0.1) is 0 Å². The number of rotatable bonds is 19. The molecule has 0 aromatic rings. The monoisotopic (exact) mass is 431 g/mol. The second kappa shape index (κ2) is 18.3. The molecule has 4 atom stereocenters. The van der Waals surface area contributed by atoms with E-state index in [1.54, 1.807) is 6.08 Å². The third-order valence-corrected chi connectivity index (χ3v) is 5.09. The quantitative estimate of drug-likeness (QED) is 0.172. The first-order chi connectivity index (χ1) is 14.3. The van der Waals surface area contributed by atoms with Crippen LogP contribution in [0.15, 0.2) is 12.3 Å². The van der Waals surface area contributed by atoms with Crippen LogP contribution in [0.25, 0.3) is 0 Å². The first kappa shape index (κ1) is 28.5. The molecule has 0 aliphatic rings. The second-order valence-corrected chi connectivity index (χ2v) is 7.80. The van der Waals surface area contributed by atoms with Gasteiger partial charge in [-0.3, -0.25) is 4.79 Å². The minimum Gasteiger partial charge on any atom is -0.479 e. The van der Waals surface area contributed by atoms with Gasteiger partial charge < -0.3 is 30.8 Å². The fourth-order valence-corrected chi connectivity index (χ4v) is 3.09. The average molecular weight is 432 g/mol. The Morgan fingerprint density at radius 2 is 1.17 bits per heavy atom. The Balaban J connectivity index is 3.71. The van der Waals surface area contributed by atoms with Crippen molar-refractivity contribution in [3.63, 3.8) is 0 Å². The number of carboxylic acids is 1. The molecule has 0 aromatic carbocycles. The average Bonchev–Trinajstić information content (AvgIpc) is 2.73. The number of carboxylic acid groups (broad SMARTS) is 1. The lowest BCUT2D eigenvalue weighted by molar-refractivity contribution is -0.166. The summed E-state index contributed by atoms with van der Waals surface area (Å²) >= 11 is 0. The van der Waals surface area contributed by atoms with Gasteiger partial charge in [-0.25, -0.2) is 4.79 Å². The number of aliphatic hydroxyl groups is 4. The molecular formula is C22H41NO7. The number of carbonyl (C=O) groups excluding carboxylic acids is 1. The summed E-state index contributed by atoms with van der Waals surface area (Å²) in [5.41, 5.74) is 0. The largest absolute Gasteiger partial charge is 0.479 e. The van der Waals surface area contributed by atoms with Crippen LogP contribution in [0.2, 0.25) is 0 Å². The predicted molar refractivity (Wildman–Crippen MR) is 115 cm³/mol. The van der Waals surface area contributed by atoms with E-state index in [1.807, 2.05) is 0 Å². The van der Waals surface area contributed by atoms with Crippen molar-refractivity contribution in [2.45, 2.75) is 115 Å². The van der Waals surface area contributed by atoms with Gasteiger partial charge in [0.15, 0.2) is 12.2 Å². The standard InChI is InChI=1S/C22H41NO7/c1-2-3-4-5-6-7-8-9-10-11-12-13-14-15-16-23-21(28)19(26)17(24)18(25)20(27)22(29)30/h15-20,24-27H,2-14H2,1H3,(H,23,28)(H,29,30)/b16-15+/t17-,18-,19+,20-/m1/s1. The van der Waals surface area contributed by atoms with Gasteiger partial charge in [-0.05, 0) is 19.0 Å². The normalized spacial score (nSPS) is 15.6. The van der Waals surface area contributed by atoms with Crippen LogP contribution < -0.4 is 5.32 Å². The van der Waals surface area contributed by atoms with Crippen molar-refractivity contribution in [3.8, 4) is 0 Å². The Morgan fingerprint density at radius 1 is 0.733 bits per heavy atom. The Morgan fingerprint density at radius 3 is 1.63 bits per heavy atom. The number of aliphatic carboxylic acids is 1. The lowest BCUT2D eigenvalue weighted by Gasteiger charge is -2.23. The molecule has 0 bridgehead atoms. The zero-order valence-electron chi connectivity index (χ0n) is 18.2. The minimum atomic E-state index is -2.30. The summed E-state index contributed by atoms with van der Waals surface area (Å²) in [6.45, 7) is 2.23. The third-order valence-electron chi connectivity index (χ3n) is 5.09. The molecule has 1 amide bonds. The van der Waals surface area contributed by atoms with Gasteiger partial charge in [-0.1, -0.05) is 83.6 Å². The summed E-state index contributed by atoms with van der Waals surface area (Å²) in [6.07, 6.45) is 10.3. The minimum absolute atomic E-state index is 0.761. The van der Waals surface area contributed by atoms with E-state index >= 15 is 0 Å². The molecule has 176 valence electrons. The summed E-state index contributed by atoms with van der Waals surface area (Å²) in [5.74, 6) is -2.76. The lowest BCUT2D eigenvalue weighted by Crippen LogP contribution is -2.52. The van der Waals surface area contributed by atoms with Gasteiger partial charge in [0, 0.05) is 0 Å². The highest BCUT2D eigenvalue weighted by Gasteiger charge is 2.37. The van der Waals surface area contributed by atoms with Crippen molar-refractivity contribution in [2.24, 2.45) is 0 Å². The van der Waals surface area contributed by atoms with Crippen LogP contribution in [0, 0.1) is 0 Å². The number of unbranched alkanes of at least 4 members (excludes halogenated alkanes) is 12. The zero-order valence-corrected chi connectivity index (χ0v) is 18.2. The molecule has 8 nitrogen and oxygen atoms in total. The number of nitrogens with one attached hydrogen (secondary N) is 1. The molecule has 0 fully saturated rings. The van der Waals surface area contributed by atoms with Gasteiger partial charge in [0.25, 0.3) is 5.91 Å². The second-order valence-electron chi connectivity index (χ2n) is 7.80. The summed E-state index contributed by atoms with van der Waals surface area (Å²) in [6, 6.07) is 0. The Labute approximate surface area is 180 Å². The molecule has 0 aliphatic heterocycles. The van der Waals surface area contributed by atoms with Crippen molar-refractivity contribution in [3.05, 3.63) is 12.3 Å². The van der Waals surface area contributed by atoms with Gasteiger partial charge in [-0.2, -0.15) is 0 Å². The van der Waals surface area contributed by atoms with Gasteiger partial charge in [0.2, 0.25) is 0 Å². The number of hydrogen-bond acceptors (Lipinski definition) is 6. The SMILES string of the molecule is CCCCCCCCCCCCCC/C=C/NC(=O)[C@@H](O)[C@H](O)[C@@H](O)[C@@H](O)C(=O)O. The number of amides is 1. The van der Waals surface area contributed by atoms with Crippen LogP contribution in [0.1, 0.15) is 90.4 Å². The molecule has 0 aromatic heterocycles. The van der Waals surface area contributed by atoms with Crippen molar-refractivity contribution in [2.75, 3.05) is 0 Å². The maximum Gasteiger partial charge on any atom is 0.335 e. The summed E-state index contributed by atoms with van der Waals surface area (Å²) in [5, 5.41) is 48.6. The van der Waals surface area contributed by atoms with Crippen LogP contribution in [0.4, 0.5) is 0 Å². The Hall–Kier alpha value is -1.48. The molecule has 0 saturated heterocycles. The summed E-state index contributed by atoms with van der Waals surface area (Å²) in [7, 11) is 0. The maximum absolute atomic E-state index is 11.7.